The Balaban J connectivity index is 2.46. The lowest BCUT2D eigenvalue weighted by Crippen LogP contribution is -2.46. The first kappa shape index (κ1) is 17.3. The molecule has 0 heterocycles. The summed E-state index contributed by atoms with van der Waals surface area (Å²) in [4.78, 5) is 11.6. The second-order valence-corrected chi connectivity index (χ2v) is 6.31. The zero-order valence-corrected chi connectivity index (χ0v) is 13.4. The fraction of sp³-hybridized carbons (Fsp3) is 0.562. The molecule has 0 radical (unpaired) electrons. The monoisotopic (exact) mass is 296 g/mol. The fourth-order valence-corrected chi connectivity index (χ4v) is 1.75. The predicted octanol–water partition coefficient (Wildman–Crippen LogP) is 3.25. The largest absolute Gasteiger partial charge is 0.488 e. The smallest absolute Gasteiger partial charge is 0.315 e. The van der Waals surface area contributed by atoms with Gasteiger partial charge >= 0.3 is 6.03 Å². The van der Waals surface area contributed by atoms with Crippen LogP contribution in [0.2, 0.25) is 0 Å². The number of carbonyl (C=O) groups is 1. The molecule has 2 amide bonds. The van der Waals surface area contributed by atoms with Crippen LogP contribution in [0.4, 0.5) is 9.18 Å². The Morgan fingerprint density at radius 2 is 2.00 bits per heavy atom. The maximum atomic E-state index is 13.8. The van der Waals surface area contributed by atoms with E-state index < -0.39 is 0 Å². The lowest BCUT2D eigenvalue weighted by atomic mass is 10.1. The number of halogens is 1. The molecule has 4 nitrogen and oxygen atoms in total. The first-order valence-corrected chi connectivity index (χ1v) is 7.18. The van der Waals surface area contributed by atoms with Gasteiger partial charge in [-0.15, -0.1) is 0 Å². The van der Waals surface area contributed by atoms with Crippen LogP contribution < -0.4 is 15.4 Å². The number of hydrogen-bond acceptors (Lipinski definition) is 2. The first-order valence-electron chi connectivity index (χ1n) is 7.18. The van der Waals surface area contributed by atoms with E-state index in [0.717, 1.165) is 5.56 Å². The Hall–Kier alpha value is -1.78. The van der Waals surface area contributed by atoms with Crippen LogP contribution in [-0.4, -0.2) is 24.2 Å². The molecule has 0 saturated carbocycles. The van der Waals surface area contributed by atoms with Gasteiger partial charge in [0.15, 0.2) is 11.6 Å². The lowest BCUT2D eigenvalue weighted by molar-refractivity contribution is 0.230. The van der Waals surface area contributed by atoms with Gasteiger partial charge in [0.05, 0.1) is 6.10 Å². The average Bonchev–Trinajstić information content (AvgIpc) is 2.29. The van der Waals surface area contributed by atoms with Crippen LogP contribution in [-0.2, 0) is 6.42 Å². The molecular formula is C16H25FN2O2. The summed E-state index contributed by atoms with van der Waals surface area (Å²) in [6.07, 6.45) is 0.504. The quantitative estimate of drug-likeness (QED) is 0.876. The van der Waals surface area contributed by atoms with Crippen LogP contribution in [0.25, 0.3) is 0 Å². The maximum Gasteiger partial charge on any atom is 0.315 e. The molecule has 2 N–H and O–H groups in total. The summed E-state index contributed by atoms with van der Waals surface area (Å²) >= 11 is 0. The summed E-state index contributed by atoms with van der Waals surface area (Å²) < 4.78 is 19.1. The highest BCUT2D eigenvalue weighted by molar-refractivity contribution is 5.74. The molecule has 0 saturated heterocycles. The molecule has 0 fully saturated rings. The molecule has 118 valence electrons. The molecule has 1 aromatic carbocycles. The fourth-order valence-electron chi connectivity index (χ4n) is 1.75. The minimum atomic E-state index is -0.375. The molecule has 0 unspecified atom stereocenters. The van der Waals surface area contributed by atoms with Crippen LogP contribution in [0, 0.1) is 5.82 Å². The van der Waals surface area contributed by atoms with Crippen LogP contribution in [0.1, 0.15) is 40.2 Å². The van der Waals surface area contributed by atoms with Gasteiger partial charge in [0.2, 0.25) is 0 Å². The van der Waals surface area contributed by atoms with E-state index in [9.17, 15) is 9.18 Å². The van der Waals surface area contributed by atoms with Gasteiger partial charge in [0.25, 0.3) is 0 Å². The normalized spacial score (nSPS) is 11.4. The van der Waals surface area contributed by atoms with Gasteiger partial charge in [-0.2, -0.15) is 0 Å². The van der Waals surface area contributed by atoms with Gasteiger partial charge < -0.3 is 15.4 Å². The summed E-state index contributed by atoms with van der Waals surface area (Å²) in [5, 5.41) is 5.55. The van der Waals surface area contributed by atoms with Crippen LogP contribution in [0.15, 0.2) is 18.2 Å². The van der Waals surface area contributed by atoms with Crippen LogP contribution in [0.5, 0.6) is 5.75 Å². The van der Waals surface area contributed by atoms with E-state index in [1.54, 1.807) is 6.07 Å². The van der Waals surface area contributed by atoms with E-state index in [-0.39, 0.29) is 29.2 Å². The molecule has 0 atom stereocenters. The minimum absolute atomic E-state index is 0.0619. The molecule has 0 aliphatic heterocycles. The molecule has 21 heavy (non-hydrogen) atoms. The Morgan fingerprint density at radius 3 is 2.52 bits per heavy atom. The Labute approximate surface area is 126 Å². The third-order valence-electron chi connectivity index (χ3n) is 2.55. The van der Waals surface area contributed by atoms with E-state index >= 15 is 0 Å². The summed E-state index contributed by atoms with van der Waals surface area (Å²) in [5.74, 6) is -0.118. The molecule has 1 rings (SSSR count). The Kier molecular flexibility index (Phi) is 6.00. The van der Waals surface area contributed by atoms with E-state index in [1.807, 2.05) is 40.7 Å². The van der Waals surface area contributed by atoms with Gasteiger partial charge in [-0.1, -0.05) is 6.07 Å². The summed E-state index contributed by atoms with van der Waals surface area (Å²) in [7, 11) is 0. The molecule has 0 aliphatic rings. The van der Waals surface area contributed by atoms with Crippen molar-refractivity contribution in [1.82, 2.24) is 10.6 Å². The van der Waals surface area contributed by atoms with Crippen molar-refractivity contribution < 1.29 is 13.9 Å². The highest BCUT2D eigenvalue weighted by Gasteiger charge is 2.13. The van der Waals surface area contributed by atoms with Gasteiger partial charge in [0, 0.05) is 12.1 Å². The number of rotatable bonds is 5. The standard InChI is InChI=1S/C16H25FN2O2/c1-11(2)21-14-7-6-12(10-13(14)17)8-9-18-15(20)19-16(3,4)5/h6-7,10-11H,8-9H2,1-5H3,(H2,18,19,20). The zero-order valence-electron chi connectivity index (χ0n) is 13.4. The SMILES string of the molecule is CC(C)Oc1ccc(CCNC(=O)NC(C)(C)C)cc1F. The third kappa shape index (κ3) is 6.97. The summed E-state index contributed by atoms with van der Waals surface area (Å²) in [5.41, 5.74) is 0.547. The molecule has 0 bridgehead atoms. The zero-order chi connectivity index (χ0) is 16.0. The van der Waals surface area contributed by atoms with Crippen molar-refractivity contribution in [2.45, 2.75) is 52.7 Å². The highest BCUT2D eigenvalue weighted by Crippen LogP contribution is 2.19. The lowest BCUT2D eigenvalue weighted by Gasteiger charge is -2.20. The summed E-state index contributed by atoms with van der Waals surface area (Å²) in [6, 6.07) is 4.66. The van der Waals surface area contributed by atoms with Gasteiger partial charge in [-0.3, -0.25) is 0 Å². The number of nitrogens with one attached hydrogen (secondary N) is 2. The van der Waals surface area contributed by atoms with Crippen LogP contribution in [0.3, 0.4) is 0 Å². The Bertz CT molecular complexity index is 482. The van der Waals surface area contributed by atoms with Crippen molar-refractivity contribution in [2.75, 3.05) is 6.54 Å². The van der Waals surface area contributed by atoms with Crippen molar-refractivity contribution in [3.05, 3.63) is 29.6 Å². The second kappa shape index (κ2) is 7.29. The van der Waals surface area contributed by atoms with E-state index in [0.29, 0.717) is 13.0 Å². The van der Waals surface area contributed by atoms with E-state index in [1.165, 1.54) is 6.07 Å². The second-order valence-electron chi connectivity index (χ2n) is 6.31. The molecular weight excluding hydrogens is 271 g/mol. The topological polar surface area (TPSA) is 50.4 Å². The van der Waals surface area contributed by atoms with Gasteiger partial charge in [-0.05, 0) is 58.7 Å². The van der Waals surface area contributed by atoms with Gasteiger partial charge in [0.1, 0.15) is 0 Å². The molecule has 0 spiro atoms. The van der Waals surface area contributed by atoms with E-state index in [2.05, 4.69) is 10.6 Å². The number of hydrogen-bond donors (Lipinski definition) is 2. The van der Waals surface area contributed by atoms with Crippen LogP contribution >= 0.6 is 0 Å². The number of ether oxygens (including phenoxy) is 1. The molecule has 5 heteroatoms. The van der Waals surface area contributed by atoms with Crippen molar-refractivity contribution in [3.63, 3.8) is 0 Å². The highest BCUT2D eigenvalue weighted by atomic mass is 19.1. The van der Waals surface area contributed by atoms with Crippen molar-refractivity contribution in [2.24, 2.45) is 0 Å². The molecule has 1 aromatic rings. The minimum Gasteiger partial charge on any atom is -0.488 e. The number of carbonyl (C=O) groups excluding carboxylic acids is 1. The number of amides is 2. The van der Waals surface area contributed by atoms with Crippen molar-refractivity contribution in [1.29, 1.82) is 0 Å². The molecule has 0 aromatic heterocycles. The van der Waals surface area contributed by atoms with Gasteiger partial charge in [-0.25, -0.2) is 9.18 Å². The summed E-state index contributed by atoms with van der Waals surface area (Å²) in [6.45, 7) is 9.89. The number of benzene rings is 1. The third-order valence-corrected chi connectivity index (χ3v) is 2.55. The average molecular weight is 296 g/mol. The maximum absolute atomic E-state index is 13.8. The number of urea groups is 1. The molecule has 0 aliphatic carbocycles. The Morgan fingerprint density at radius 1 is 1.33 bits per heavy atom. The predicted molar refractivity (Wildman–Crippen MR) is 82.2 cm³/mol. The van der Waals surface area contributed by atoms with E-state index in [4.69, 9.17) is 4.74 Å². The van der Waals surface area contributed by atoms with Crippen molar-refractivity contribution >= 4 is 6.03 Å². The first-order chi connectivity index (χ1) is 9.67. The van der Waals surface area contributed by atoms with Crippen molar-refractivity contribution in [3.8, 4) is 5.75 Å².